The molecule has 1 amide bonds. The fourth-order valence-electron chi connectivity index (χ4n) is 3.84. The molecule has 0 radical (unpaired) electrons. The van der Waals surface area contributed by atoms with Crippen molar-refractivity contribution in [3.63, 3.8) is 0 Å². The van der Waals surface area contributed by atoms with Crippen LogP contribution in [0.25, 0.3) is 0 Å². The maximum absolute atomic E-state index is 12.4. The highest BCUT2D eigenvalue weighted by molar-refractivity contribution is 5.94. The van der Waals surface area contributed by atoms with E-state index in [1.165, 1.54) is 0 Å². The standard InChI is InChI=1S/C19H29N3O4/c1-21(2)14-7-5-13(6-8-14)19(25)20-11-15-17(22-9-3-4-10-22)18(24)16(12-23)26-15/h5-8,15-18,23-24H,3-4,9-12H2,1-2H3,(H,20,25). The average Bonchev–Trinajstić information content (AvgIpc) is 3.27. The third-order valence-corrected chi connectivity index (χ3v) is 5.31. The first-order valence-corrected chi connectivity index (χ1v) is 9.25. The third-order valence-electron chi connectivity index (χ3n) is 5.31. The van der Waals surface area contributed by atoms with Crippen molar-refractivity contribution in [2.75, 3.05) is 45.2 Å². The zero-order valence-corrected chi connectivity index (χ0v) is 15.5. The second kappa shape index (κ2) is 8.35. The largest absolute Gasteiger partial charge is 0.394 e. The minimum atomic E-state index is -0.737. The molecule has 3 N–H and O–H groups in total. The number of likely N-dealkylation sites (tertiary alicyclic amines) is 1. The van der Waals surface area contributed by atoms with Crippen LogP contribution < -0.4 is 10.2 Å². The molecule has 144 valence electrons. The summed E-state index contributed by atoms with van der Waals surface area (Å²) >= 11 is 0. The van der Waals surface area contributed by atoms with Crippen LogP contribution in [0.1, 0.15) is 23.2 Å². The van der Waals surface area contributed by atoms with E-state index in [4.69, 9.17) is 4.74 Å². The molecule has 2 heterocycles. The van der Waals surface area contributed by atoms with E-state index < -0.39 is 12.2 Å². The van der Waals surface area contributed by atoms with Crippen molar-refractivity contribution in [2.45, 2.75) is 37.2 Å². The van der Waals surface area contributed by atoms with Crippen LogP contribution in [0.4, 0.5) is 5.69 Å². The predicted octanol–water partition coefficient (Wildman–Crippen LogP) is 0.0674. The maximum atomic E-state index is 12.4. The first-order chi connectivity index (χ1) is 12.5. The number of hydrogen-bond donors (Lipinski definition) is 3. The number of nitrogens with zero attached hydrogens (tertiary/aromatic N) is 2. The van der Waals surface area contributed by atoms with Crippen LogP contribution in [0.3, 0.4) is 0 Å². The predicted molar refractivity (Wildman–Crippen MR) is 99.5 cm³/mol. The number of aliphatic hydroxyl groups is 2. The van der Waals surface area contributed by atoms with Gasteiger partial charge in [0.2, 0.25) is 0 Å². The number of rotatable bonds is 6. The zero-order chi connectivity index (χ0) is 18.7. The normalized spacial score (nSPS) is 29.1. The average molecular weight is 363 g/mol. The van der Waals surface area contributed by atoms with Crippen molar-refractivity contribution in [3.8, 4) is 0 Å². The van der Waals surface area contributed by atoms with E-state index in [2.05, 4.69) is 10.2 Å². The molecular weight excluding hydrogens is 334 g/mol. The summed E-state index contributed by atoms with van der Waals surface area (Å²) in [6, 6.07) is 7.21. The van der Waals surface area contributed by atoms with Crippen molar-refractivity contribution in [1.82, 2.24) is 10.2 Å². The van der Waals surface area contributed by atoms with Gasteiger partial charge in [-0.2, -0.15) is 0 Å². The molecule has 0 aliphatic carbocycles. The summed E-state index contributed by atoms with van der Waals surface area (Å²) in [5.41, 5.74) is 1.62. The monoisotopic (exact) mass is 363 g/mol. The Hall–Kier alpha value is -1.67. The van der Waals surface area contributed by atoms with Crippen molar-refractivity contribution in [1.29, 1.82) is 0 Å². The van der Waals surface area contributed by atoms with E-state index in [0.717, 1.165) is 31.6 Å². The van der Waals surface area contributed by atoms with Gasteiger partial charge in [0.1, 0.15) is 12.2 Å². The molecule has 0 bridgehead atoms. The first kappa shape index (κ1) is 19.1. The molecule has 0 spiro atoms. The van der Waals surface area contributed by atoms with Crippen LogP contribution in [-0.2, 0) is 4.74 Å². The van der Waals surface area contributed by atoms with Crippen molar-refractivity contribution >= 4 is 11.6 Å². The molecule has 1 aromatic carbocycles. The number of amides is 1. The molecule has 4 atom stereocenters. The molecule has 1 aromatic rings. The number of hydrogen-bond acceptors (Lipinski definition) is 6. The maximum Gasteiger partial charge on any atom is 0.251 e. The summed E-state index contributed by atoms with van der Waals surface area (Å²) in [5.74, 6) is -0.166. The Morgan fingerprint density at radius 2 is 1.88 bits per heavy atom. The van der Waals surface area contributed by atoms with Gasteiger partial charge in [0.25, 0.3) is 5.91 Å². The van der Waals surface area contributed by atoms with E-state index in [1.54, 1.807) is 12.1 Å². The number of anilines is 1. The molecule has 3 rings (SSSR count). The smallest absolute Gasteiger partial charge is 0.251 e. The van der Waals surface area contributed by atoms with Crippen LogP contribution in [0.15, 0.2) is 24.3 Å². The Labute approximate surface area is 154 Å². The fourth-order valence-corrected chi connectivity index (χ4v) is 3.84. The Balaban J connectivity index is 1.62. The van der Waals surface area contributed by atoms with Gasteiger partial charge in [-0.1, -0.05) is 0 Å². The van der Waals surface area contributed by atoms with Crippen LogP contribution >= 0.6 is 0 Å². The highest BCUT2D eigenvalue weighted by Crippen LogP contribution is 2.28. The molecule has 26 heavy (non-hydrogen) atoms. The van der Waals surface area contributed by atoms with Gasteiger partial charge in [-0.3, -0.25) is 9.69 Å². The molecule has 2 aliphatic rings. The quantitative estimate of drug-likeness (QED) is 0.663. The van der Waals surface area contributed by atoms with Crippen molar-refractivity contribution in [2.24, 2.45) is 0 Å². The summed E-state index contributed by atoms with van der Waals surface area (Å²) in [6.07, 6.45) is 0.542. The summed E-state index contributed by atoms with van der Waals surface area (Å²) in [5, 5.41) is 22.9. The minimum Gasteiger partial charge on any atom is -0.394 e. The number of ether oxygens (including phenoxy) is 1. The Morgan fingerprint density at radius 3 is 2.46 bits per heavy atom. The van der Waals surface area contributed by atoms with Crippen LogP contribution in [0, 0.1) is 0 Å². The number of benzene rings is 1. The van der Waals surface area contributed by atoms with E-state index in [9.17, 15) is 15.0 Å². The second-order valence-electron chi connectivity index (χ2n) is 7.27. The van der Waals surface area contributed by atoms with Crippen LogP contribution in [-0.4, -0.2) is 85.7 Å². The molecular formula is C19H29N3O4. The van der Waals surface area contributed by atoms with Gasteiger partial charge in [-0.25, -0.2) is 0 Å². The van der Waals surface area contributed by atoms with Gasteiger partial charge in [-0.15, -0.1) is 0 Å². The minimum absolute atomic E-state index is 0.166. The molecule has 0 aromatic heterocycles. The summed E-state index contributed by atoms with van der Waals surface area (Å²) < 4.78 is 5.82. The van der Waals surface area contributed by atoms with Gasteiger partial charge in [0.15, 0.2) is 0 Å². The van der Waals surface area contributed by atoms with Crippen LogP contribution in [0.2, 0.25) is 0 Å². The Kier molecular flexibility index (Phi) is 6.13. The lowest BCUT2D eigenvalue weighted by Crippen LogP contribution is -2.50. The lowest BCUT2D eigenvalue weighted by Gasteiger charge is -2.30. The SMILES string of the molecule is CN(C)c1ccc(C(=O)NCC2OC(CO)C(O)C2N2CCCC2)cc1. The van der Waals surface area contributed by atoms with Gasteiger partial charge in [0, 0.05) is 31.9 Å². The molecule has 7 heteroatoms. The first-order valence-electron chi connectivity index (χ1n) is 9.25. The number of aliphatic hydroxyl groups excluding tert-OH is 2. The highest BCUT2D eigenvalue weighted by atomic mass is 16.5. The zero-order valence-electron chi connectivity index (χ0n) is 15.5. The highest BCUT2D eigenvalue weighted by Gasteiger charge is 2.46. The summed E-state index contributed by atoms with van der Waals surface area (Å²) in [6.45, 7) is 1.92. The molecule has 0 saturated carbocycles. The summed E-state index contributed by atoms with van der Waals surface area (Å²) in [7, 11) is 3.90. The lowest BCUT2D eigenvalue weighted by molar-refractivity contribution is -0.0209. The topological polar surface area (TPSA) is 85.3 Å². The molecule has 4 unspecified atom stereocenters. The lowest BCUT2D eigenvalue weighted by atomic mass is 10.0. The third kappa shape index (κ3) is 4.01. The number of carbonyl (C=O) groups is 1. The van der Waals surface area contributed by atoms with Gasteiger partial charge in [-0.05, 0) is 50.2 Å². The number of nitrogens with one attached hydrogen (secondary N) is 1. The molecule has 2 saturated heterocycles. The van der Waals surface area contributed by atoms with E-state index in [-0.39, 0.29) is 24.7 Å². The van der Waals surface area contributed by atoms with Crippen molar-refractivity contribution in [3.05, 3.63) is 29.8 Å². The van der Waals surface area contributed by atoms with Gasteiger partial charge >= 0.3 is 0 Å². The molecule has 7 nitrogen and oxygen atoms in total. The summed E-state index contributed by atoms with van der Waals surface area (Å²) in [4.78, 5) is 16.6. The van der Waals surface area contributed by atoms with E-state index >= 15 is 0 Å². The van der Waals surface area contributed by atoms with Gasteiger partial charge in [0.05, 0.1) is 18.8 Å². The molecule has 2 aliphatic heterocycles. The number of carbonyl (C=O) groups excluding carboxylic acids is 1. The van der Waals surface area contributed by atoms with Crippen LogP contribution in [0.5, 0.6) is 0 Å². The second-order valence-corrected chi connectivity index (χ2v) is 7.27. The van der Waals surface area contributed by atoms with E-state index in [0.29, 0.717) is 12.1 Å². The Bertz CT molecular complexity index is 601. The molecule has 2 fully saturated rings. The Morgan fingerprint density at radius 1 is 1.23 bits per heavy atom. The van der Waals surface area contributed by atoms with Gasteiger partial charge < -0.3 is 25.2 Å². The fraction of sp³-hybridized carbons (Fsp3) is 0.632. The van der Waals surface area contributed by atoms with E-state index in [1.807, 2.05) is 31.1 Å². The van der Waals surface area contributed by atoms with Crippen molar-refractivity contribution < 1.29 is 19.7 Å².